The van der Waals surface area contributed by atoms with Gasteiger partial charge in [-0.05, 0) is 48.5 Å². The lowest BCUT2D eigenvalue weighted by Crippen LogP contribution is -2.44. The van der Waals surface area contributed by atoms with Gasteiger partial charge in [-0.3, -0.25) is 20.4 Å². The molecule has 116 valence electrons. The molecule has 0 fully saturated rings. The van der Waals surface area contributed by atoms with Crippen LogP contribution in [0.2, 0.25) is 0 Å². The summed E-state index contributed by atoms with van der Waals surface area (Å²) in [6.45, 7) is -0.00742. The molecule has 2 rings (SSSR count). The number of nitrogens with one attached hydrogen (secondary N) is 3. The van der Waals surface area contributed by atoms with Gasteiger partial charge < -0.3 is 5.32 Å². The highest BCUT2D eigenvalue weighted by Gasteiger charge is 2.07. The quantitative estimate of drug-likeness (QED) is 0.717. The minimum atomic E-state index is -0.399. The van der Waals surface area contributed by atoms with Crippen LogP contribution in [0.5, 0.6) is 0 Å². The molecule has 0 bridgehead atoms. The maximum atomic E-state index is 11.8. The Morgan fingerprint density at radius 1 is 1.00 bits per heavy atom. The fourth-order valence-corrected chi connectivity index (χ4v) is 1.95. The molecule has 7 heteroatoms. The van der Waals surface area contributed by atoms with Crippen LogP contribution < -0.4 is 16.2 Å². The second kappa shape index (κ2) is 7.96. The minimum Gasteiger partial charge on any atom is -0.376 e. The third-order valence-electron chi connectivity index (χ3n) is 2.89. The van der Waals surface area contributed by atoms with Gasteiger partial charge in [0.2, 0.25) is 0 Å². The van der Waals surface area contributed by atoms with Crippen molar-refractivity contribution in [3.63, 3.8) is 0 Å². The standard InChI is InChI=1S/C16H13BrN4O2/c17-13-5-3-12(4-6-13)16(23)21-20-15(22)10-19-14-7-1-11(9-18)2-8-14/h1-8,19H,10H2,(H,20,22)(H,21,23). The summed E-state index contributed by atoms with van der Waals surface area (Å²) in [5.74, 6) is -0.788. The molecule has 2 aromatic rings. The Hall–Kier alpha value is -2.85. The van der Waals surface area contributed by atoms with Crippen molar-refractivity contribution in [3.05, 3.63) is 64.1 Å². The average Bonchev–Trinajstić information content (AvgIpc) is 2.59. The van der Waals surface area contributed by atoms with E-state index in [0.717, 1.165) is 4.47 Å². The van der Waals surface area contributed by atoms with Crippen LogP contribution in [0.4, 0.5) is 5.69 Å². The first-order valence-corrected chi connectivity index (χ1v) is 7.46. The third kappa shape index (κ3) is 5.13. The molecule has 0 radical (unpaired) electrons. The van der Waals surface area contributed by atoms with E-state index in [2.05, 4.69) is 32.1 Å². The van der Waals surface area contributed by atoms with Crippen LogP contribution in [0.25, 0.3) is 0 Å². The smallest absolute Gasteiger partial charge is 0.269 e. The number of rotatable bonds is 4. The molecular formula is C16H13BrN4O2. The van der Waals surface area contributed by atoms with Crippen molar-refractivity contribution in [2.45, 2.75) is 0 Å². The van der Waals surface area contributed by atoms with E-state index in [-0.39, 0.29) is 12.5 Å². The van der Waals surface area contributed by atoms with Crippen molar-refractivity contribution in [2.24, 2.45) is 0 Å². The van der Waals surface area contributed by atoms with E-state index >= 15 is 0 Å². The first-order chi connectivity index (χ1) is 11.1. The zero-order chi connectivity index (χ0) is 16.7. The SMILES string of the molecule is N#Cc1ccc(NCC(=O)NNC(=O)c2ccc(Br)cc2)cc1. The van der Waals surface area contributed by atoms with Crippen molar-refractivity contribution in [1.29, 1.82) is 5.26 Å². The highest BCUT2D eigenvalue weighted by Crippen LogP contribution is 2.10. The Morgan fingerprint density at radius 3 is 2.26 bits per heavy atom. The molecule has 0 spiro atoms. The van der Waals surface area contributed by atoms with Crippen LogP contribution in [0, 0.1) is 11.3 Å². The van der Waals surface area contributed by atoms with Crippen LogP contribution in [0.3, 0.4) is 0 Å². The molecule has 23 heavy (non-hydrogen) atoms. The molecule has 0 aliphatic rings. The molecule has 3 N–H and O–H groups in total. The lowest BCUT2D eigenvalue weighted by atomic mass is 10.2. The molecule has 0 aliphatic heterocycles. The highest BCUT2D eigenvalue weighted by atomic mass is 79.9. The Kier molecular flexibility index (Phi) is 5.72. The van der Waals surface area contributed by atoms with Gasteiger partial charge in [0, 0.05) is 15.7 Å². The molecule has 0 aliphatic carbocycles. The largest absolute Gasteiger partial charge is 0.376 e. The summed E-state index contributed by atoms with van der Waals surface area (Å²) < 4.78 is 0.865. The predicted octanol–water partition coefficient (Wildman–Crippen LogP) is 2.19. The number of halogens is 1. The van der Waals surface area contributed by atoms with Crippen LogP contribution in [-0.2, 0) is 4.79 Å². The van der Waals surface area contributed by atoms with E-state index < -0.39 is 5.91 Å². The third-order valence-corrected chi connectivity index (χ3v) is 3.42. The summed E-state index contributed by atoms with van der Waals surface area (Å²) in [5.41, 5.74) is 6.35. The van der Waals surface area contributed by atoms with E-state index in [0.29, 0.717) is 16.8 Å². The van der Waals surface area contributed by atoms with Gasteiger partial charge in [-0.2, -0.15) is 5.26 Å². The van der Waals surface area contributed by atoms with Crippen LogP contribution in [0.15, 0.2) is 53.0 Å². The zero-order valence-electron chi connectivity index (χ0n) is 12.0. The average molecular weight is 373 g/mol. The molecule has 0 saturated heterocycles. The number of anilines is 1. The molecule has 0 saturated carbocycles. The van der Waals surface area contributed by atoms with Crippen molar-refractivity contribution < 1.29 is 9.59 Å². The number of nitrogens with zero attached hydrogens (tertiary/aromatic N) is 1. The second-order valence-electron chi connectivity index (χ2n) is 4.55. The number of nitriles is 1. The van der Waals surface area contributed by atoms with E-state index in [1.54, 1.807) is 48.5 Å². The fourth-order valence-electron chi connectivity index (χ4n) is 1.69. The number of benzene rings is 2. The van der Waals surface area contributed by atoms with Crippen molar-refractivity contribution in [1.82, 2.24) is 10.9 Å². The van der Waals surface area contributed by atoms with Gasteiger partial charge >= 0.3 is 0 Å². The summed E-state index contributed by atoms with van der Waals surface area (Å²) in [6.07, 6.45) is 0. The molecule has 0 atom stereocenters. The maximum absolute atomic E-state index is 11.8. The Morgan fingerprint density at radius 2 is 1.65 bits per heavy atom. The number of hydrogen-bond acceptors (Lipinski definition) is 4. The van der Waals surface area contributed by atoms with E-state index in [9.17, 15) is 9.59 Å². The van der Waals surface area contributed by atoms with E-state index in [4.69, 9.17) is 5.26 Å². The lowest BCUT2D eigenvalue weighted by Gasteiger charge is -2.09. The first kappa shape index (κ1) is 16.5. The molecule has 6 nitrogen and oxygen atoms in total. The van der Waals surface area contributed by atoms with Gasteiger partial charge in [-0.1, -0.05) is 15.9 Å². The number of hydrogen-bond donors (Lipinski definition) is 3. The van der Waals surface area contributed by atoms with Gasteiger partial charge in [-0.25, -0.2) is 0 Å². The molecule has 0 aromatic heterocycles. The number of carbonyl (C=O) groups excluding carboxylic acids is 2. The fraction of sp³-hybridized carbons (Fsp3) is 0.0625. The van der Waals surface area contributed by atoms with Crippen molar-refractivity contribution in [2.75, 3.05) is 11.9 Å². The molecule has 0 unspecified atom stereocenters. The van der Waals surface area contributed by atoms with E-state index in [1.807, 2.05) is 6.07 Å². The Labute approximate surface area is 141 Å². The Bertz CT molecular complexity index is 736. The van der Waals surface area contributed by atoms with Gasteiger partial charge in [-0.15, -0.1) is 0 Å². The van der Waals surface area contributed by atoms with E-state index in [1.165, 1.54) is 0 Å². The lowest BCUT2D eigenvalue weighted by molar-refractivity contribution is -0.120. The zero-order valence-corrected chi connectivity index (χ0v) is 13.6. The number of amides is 2. The molecule has 2 amide bonds. The van der Waals surface area contributed by atoms with Gasteiger partial charge in [0.15, 0.2) is 0 Å². The Balaban J connectivity index is 1.77. The summed E-state index contributed by atoms with van der Waals surface area (Å²) in [5, 5.41) is 11.6. The van der Waals surface area contributed by atoms with Crippen LogP contribution in [0.1, 0.15) is 15.9 Å². The van der Waals surface area contributed by atoms with Gasteiger partial charge in [0.05, 0.1) is 18.2 Å². The molecule has 0 heterocycles. The molecular weight excluding hydrogens is 360 g/mol. The van der Waals surface area contributed by atoms with Crippen molar-refractivity contribution in [3.8, 4) is 6.07 Å². The number of carbonyl (C=O) groups is 2. The van der Waals surface area contributed by atoms with Crippen LogP contribution in [-0.4, -0.2) is 18.4 Å². The maximum Gasteiger partial charge on any atom is 0.269 e. The topological polar surface area (TPSA) is 94.0 Å². The summed E-state index contributed by atoms with van der Waals surface area (Å²) in [6, 6.07) is 15.5. The summed E-state index contributed by atoms with van der Waals surface area (Å²) >= 11 is 3.28. The normalized spacial score (nSPS) is 9.57. The first-order valence-electron chi connectivity index (χ1n) is 6.67. The summed E-state index contributed by atoms with van der Waals surface area (Å²) in [7, 11) is 0. The van der Waals surface area contributed by atoms with Gasteiger partial charge in [0.25, 0.3) is 11.8 Å². The minimum absolute atomic E-state index is 0.00742. The summed E-state index contributed by atoms with van der Waals surface area (Å²) in [4.78, 5) is 23.5. The van der Waals surface area contributed by atoms with Crippen LogP contribution >= 0.6 is 15.9 Å². The second-order valence-corrected chi connectivity index (χ2v) is 5.47. The highest BCUT2D eigenvalue weighted by molar-refractivity contribution is 9.10. The predicted molar refractivity (Wildman–Crippen MR) is 89.4 cm³/mol. The number of hydrazine groups is 1. The molecule has 2 aromatic carbocycles. The van der Waals surface area contributed by atoms with Gasteiger partial charge in [0.1, 0.15) is 0 Å². The van der Waals surface area contributed by atoms with Crippen molar-refractivity contribution >= 4 is 33.4 Å². The monoisotopic (exact) mass is 372 g/mol.